The molecule has 1 amide bonds. The number of hydrogen-bond acceptors (Lipinski definition) is 2. The second-order valence-electron chi connectivity index (χ2n) is 5.09. The van der Waals surface area contributed by atoms with Crippen LogP contribution in [0.15, 0.2) is 54.6 Å². The van der Waals surface area contributed by atoms with Crippen molar-refractivity contribution in [3.8, 4) is 0 Å². The number of aliphatic hydroxyl groups is 1. The van der Waals surface area contributed by atoms with Gasteiger partial charge >= 0.3 is 6.18 Å². The fourth-order valence-electron chi connectivity index (χ4n) is 2.67. The molecule has 0 aromatic heterocycles. The fraction of sp³-hybridized carbons (Fsp3) is 0.188. The Bertz CT molecular complexity index is 715. The minimum atomic E-state index is -5.00. The summed E-state index contributed by atoms with van der Waals surface area (Å²) in [6.07, 6.45) is -5.00. The SMILES string of the molecule is O=C1c2ccccc2C(O)(C(F)(F)F)N1Cc1ccccc1. The molecule has 1 N–H and O–H groups in total. The second-order valence-corrected chi connectivity index (χ2v) is 5.09. The Labute approximate surface area is 124 Å². The van der Waals surface area contributed by atoms with E-state index in [4.69, 9.17) is 0 Å². The van der Waals surface area contributed by atoms with Crippen LogP contribution in [0, 0.1) is 0 Å². The van der Waals surface area contributed by atoms with Crippen molar-refractivity contribution in [1.82, 2.24) is 4.90 Å². The summed E-state index contributed by atoms with van der Waals surface area (Å²) in [4.78, 5) is 12.8. The monoisotopic (exact) mass is 307 g/mol. The van der Waals surface area contributed by atoms with E-state index in [1.54, 1.807) is 30.3 Å². The summed E-state index contributed by atoms with van der Waals surface area (Å²) in [6.45, 7) is -0.329. The third-order valence-electron chi connectivity index (χ3n) is 3.75. The minimum absolute atomic E-state index is 0.127. The van der Waals surface area contributed by atoms with Crippen molar-refractivity contribution in [3.63, 3.8) is 0 Å². The number of fused-ring (bicyclic) bond motifs is 1. The van der Waals surface area contributed by atoms with E-state index in [0.29, 0.717) is 10.5 Å². The second kappa shape index (κ2) is 4.84. The predicted molar refractivity (Wildman–Crippen MR) is 72.7 cm³/mol. The van der Waals surface area contributed by atoms with Crippen molar-refractivity contribution in [1.29, 1.82) is 0 Å². The zero-order valence-electron chi connectivity index (χ0n) is 11.3. The number of amides is 1. The van der Waals surface area contributed by atoms with Gasteiger partial charge in [0.1, 0.15) is 0 Å². The van der Waals surface area contributed by atoms with Gasteiger partial charge in [-0.2, -0.15) is 13.2 Å². The molecule has 2 aromatic carbocycles. The molecule has 0 radical (unpaired) electrons. The molecule has 3 rings (SSSR count). The molecular weight excluding hydrogens is 295 g/mol. The number of carbonyl (C=O) groups is 1. The Hall–Kier alpha value is -2.34. The van der Waals surface area contributed by atoms with Crippen LogP contribution in [-0.2, 0) is 12.3 Å². The molecule has 0 fully saturated rings. The van der Waals surface area contributed by atoms with Crippen molar-refractivity contribution in [2.45, 2.75) is 18.4 Å². The lowest BCUT2D eigenvalue weighted by molar-refractivity contribution is -0.311. The van der Waals surface area contributed by atoms with Crippen molar-refractivity contribution in [3.05, 3.63) is 71.3 Å². The van der Waals surface area contributed by atoms with E-state index >= 15 is 0 Å². The summed E-state index contributed by atoms with van der Waals surface area (Å²) in [7, 11) is 0. The van der Waals surface area contributed by atoms with Gasteiger partial charge in [0.25, 0.3) is 11.6 Å². The first-order valence-electron chi connectivity index (χ1n) is 6.60. The molecule has 0 aliphatic carbocycles. The van der Waals surface area contributed by atoms with Gasteiger partial charge in [-0.05, 0) is 11.6 Å². The van der Waals surface area contributed by atoms with Crippen LogP contribution in [-0.4, -0.2) is 22.1 Å². The van der Waals surface area contributed by atoms with Gasteiger partial charge in [0.2, 0.25) is 0 Å². The van der Waals surface area contributed by atoms with E-state index in [0.717, 1.165) is 6.07 Å². The van der Waals surface area contributed by atoms with E-state index in [-0.39, 0.29) is 12.1 Å². The van der Waals surface area contributed by atoms with E-state index in [1.807, 2.05) is 0 Å². The van der Waals surface area contributed by atoms with E-state index in [1.165, 1.54) is 18.2 Å². The quantitative estimate of drug-likeness (QED) is 0.926. The largest absolute Gasteiger partial charge is 0.441 e. The number of carbonyl (C=O) groups excluding carboxylic acids is 1. The van der Waals surface area contributed by atoms with Crippen LogP contribution < -0.4 is 0 Å². The van der Waals surface area contributed by atoms with Gasteiger partial charge in [-0.1, -0.05) is 48.5 Å². The van der Waals surface area contributed by atoms with Crippen molar-refractivity contribution in [2.75, 3.05) is 0 Å². The number of alkyl halides is 3. The minimum Gasteiger partial charge on any atom is -0.360 e. The number of halogens is 3. The molecule has 22 heavy (non-hydrogen) atoms. The highest BCUT2D eigenvalue weighted by atomic mass is 19.4. The predicted octanol–water partition coefficient (Wildman–Crippen LogP) is 3.05. The molecule has 114 valence electrons. The van der Waals surface area contributed by atoms with Gasteiger partial charge < -0.3 is 5.11 Å². The van der Waals surface area contributed by atoms with Gasteiger partial charge in [-0.15, -0.1) is 0 Å². The van der Waals surface area contributed by atoms with Gasteiger partial charge in [-0.25, -0.2) is 0 Å². The average Bonchev–Trinajstić information content (AvgIpc) is 2.72. The Morgan fingerprint density at radius 2 is 1.59 bits per heavy atom. The Kier molecular flexibility index (Phi) is 3.21. The molecule has 1 heterocycles. The van der Waals surface area contributed by atoms with Crippen molar-refractivity contribution >= 4 is 5.91 Å². The lowest BCUT2D eigenvalue weighted by Gasteiger charge is -2.35. The molecule has 1 atom stereocenters. The highest BCUT2D eigenvalue weighted by Crippen LogP contribution is 2.48. The molecule has 1 aliphatic heterocycles. The van der Waals surface area contributed by atoms with E-state index < -0.39 is 23.4 Å². The maximum absolute atomic E-state index is 13.5. The third-order valence-corrected chi connectivity index (χ3v) is 3.75. The molecule has 0 saturated heterocycles. The molecule has 0 bridgehead atoms. The number of rotatable bonds is 2. The number of hydrogen-bond donors (Lipinski definition) is 1. The van der Waals surface area contributed by atoms with Crippen LogP contribution in [0.2, 0.25) is 0 Å². The van der Waals surface area contributed by atoms with Gasteiger partial charge in [0.15, 0.2) is 0 Å². The first kappa shape index (κ1) is 14.6. The maximum Gasteiger partial charge on any atom is 0.441 e. The molecular formula is C16H12F3NO2. The Balaban J connectivity index is 2.11. The summed E-state index contributed by atoms with van der Waals surface area (Å²) in [5, 5.41) is 10.4. The standard InChI is InChI=1S/C16H12F3NO2/c17-16(18,19)15(22)13-9-5-4-8-12(13)14(21)20(15)10-11-6-2-1-3-7-11/h1-9,22H,10H2. The van der Waals surface area contributed by atoms with E-state index in [9.17, 15) is 23.1 Å². The highest BCUT2D eigenvalue weighted by molar-refractivity contribution is 5.99. The first-order valence-corrected chi connectivity index (χ1v) is 6.60. The summed E-state index contributed by atoms with van der Waals surface area (Å²) < 4.78 is 40.5. The number of benzene rings is 2. The fourth-order valence-corrected chi connectivity index (χ4v) is 2.67. The Morgan fingerprint density at radius 3 is 2.23 bits per heavy atom. The zero-order valence-corrected chi connectivity index (χ0v) is 11.3. The zero-order chi connectivity index (χ0) is 16.0. The van der Waals surface area contributed by atoms with Crippen LogP contribution in [0.3, 0.4) is 0 Å². The summed E-state index contributed by atoms with van der Waals surface area (Å²) >= 11 is 0. The first-order chi connectivity index (χ1) is 10.4. The summed E-state index contributed by atoms with van der Waals surface area (Å²) in [5.41, 5.74) is -3.36. The van der Waals surface area contributed by atoms with E-state index in [2.05, 4.69) is 0 Å². The third kappa shape index (κ3) is 1.99. The molecule has 2 aromatic rings. The van der Waals surface area contributed by atoms with Crippen LogP contribution >= 0.6 is 0 Å². The molecule has 0 spiro atoms. The smallest absolute Gasteiger partial charge is 0.360 e. The van der Waals surface area contributed by atoms with Crippen LogP contribution in [0.5, 0.6) is 0 Å². The lowest BCUT2D eigenvalue weighted by Crippen LogP contribution is -2.53. The van der Waals surface area contributed by atoms with Crippen LogP contribution in [0.1, 0.15) is 21.5 Å². The van der Waals surface area contributed by atoms with Gasteiger partial charge in [-0.3, -0.25) is 9.69 Å². The van der Waals surface area contributed by atoms with Crippen LogP contribution in [0.25, 0.3) is 0 Å². The van der Waals surface area contributed by atoms with Crippen molar-refractivity contribution in [2.24, 2.45) is 0 Å². The van der Waals surface area contributed by atoms with Crippen LogP contribution in [0.4, 0.5) is 13.2 Å². The van der Waals surface area contributed by atoms with Crippen molar-refractivity contribution < 1.29 is 23.1 Å². The number of nitrogens with zero attached hydrogens (tertiary/aromatic N) is 1. The summed E-state index contributed by atoms with van der Waals surface area (Å²) in [6, 6.07) is 13.5. The molecule has 1 unspecified atom stereocenters. The Morgan fingerprint density at radius 1 is 1.00 bits per heavy atom. The normalized spacial score (nSPS) is 21.1. The molecule has 0 saturated carbocycles. The maximum atomic E-state index is 13.5. The van der Waals surface area contributed by atoms with Gasteiger partial charge in [0.05, 0.1) is 0 Å². The lowest BCUT2D eigenvalue weighted by atomic mass is 10.0. The van der Waals surface area contributed by atoms with Gasteiger partial charge in [0, 0.05) is 17.7 Å². The summed E-state index contributed by atoms with van der Waals surface area (Å²) in [5.74, 6) is -0.834. The molecule has 3 nitrogen and oxygen atoms in total. The average molecular weight is 307 g/mol. The molecule has 6 heteroatoms. The highest BCUT2D eigenvalue weighted by Gasteiger charge is 2.65. The topological polar surface area (TPSA) is 40.5 Å². The molecule has 1 aliphatic rings.